The number of carbonyl (C=O) groups is 1. The number of benzene rings is 1. The quantitative estimate of drug-likeness (QED) is 0.564. The topological polar surface area (TPSA) is 46.5 Å². The molecule has 0 amide bonds. The second-order valence-electron chi connectivity index (χ2n) is 4.16. The Morgan fingerprint density at radius 1 is 1.50 bits per heavy atom. The van der Waals surface area contributed by atoms with E-state index < -0.39 is 5.97 Å². The number of aromatic carboxylic acids is 1. The number of unbranched alkanes of at least 4 members (excludes halogenated alkanes) is 1. The summed E-state index contributed by atoms with van der Waals surface area (Å²) in [7, 11) is 0. The van der Waals surface area contributed by atoms with E-state index in [4.69, 9.17) is 9.84 Å². The number of hydrogen-bond donors (Lipinski definition) is 1. The van der Waals surface area contributed by atoms with Gasteiger partial charge in [-0.2, -0.15) is 0 Å². The van der Waals surface area contributed by atoms with Gasteiger partial charge >= 0.3 is 5.97 Å². The molecule has 1 aromatic rings. The van der Waals surface area contributed by atoms with Crippen LogP contribution in [0.15, 0.2) is 30.9 Å². The molecule has 3 nitrogen and oxygen atoms in total. The van der Waals surface area contributed by atoms with E-state index in [-0.39, 0.29) is 5.56 Å². The Morgan fingerprint density at radius 3 is 2.89 bits per heavy atom. The Morgan fingerprint density at radius 2 is 2.28 bits per heavy atom. The molecule has 0 unspecified atom stereocenters. The second kappa shape index (κ2) is 7.54. The molecule has 0 fully saturated rings. The lowest BCUT2D eigenvalue weighted by Crippen LogP contribution is -2.03. The number of ether oxygens (including phenoxy) is 1. The van der Waals surface area contributed by atoms with Crippen LogP contribution in [0, 0.1) is 0 Å². The highest BCUT2D eigenvalue weighted by molar-refractivity contribution is 5.88. The first-order valence-corrected chi connectivity index (χ1v) is 6.29. The van der Waals surface area contributed by atoms with Crippen molar-refractivity contribution in [2.24, 2.45) is 0 Å². The normalized spacial score (nSPS) is 10.1. The largest absolute Gasteiger partial charge is 0.493 e. The summed E-state index contributed by atoms with van der Waals surface area (Å²) in [6.07, 6.45) is 5.63. The van der Waals surface area contributed by atoms with Gasteiger partial charge in [-0.15, -0.1) is 6.58 Å². The van der Waals surface area contributed by atoms with Crippen molar-refractivity contribution in [1.29, 1.82) is 0 Å². The molecule has 0 saturated carbocycles. The Bertz CT molecular complexity index is 410. The van der Waals surface area contributed by atoms with Crippen molar-refractivity contribution in [3.8, 4) is 5.75 Å². The highest BCUT2D eigenvalue weighted by Gasteiger charge is 2.09. The summed E-state index contributed by atoms with van der Waals surface area (Å²) in [4.78, 5) is 10.9. The lowest BCUT2D eigenvalue weighted by atomic mass is 10.0. The number of rotatable bonds is 8. The second-order valence-corrected chi connectivity index (χ2v) is 4.16. The zero-order valence-corrected chi connectivity index (χ0v) is 10.8. The van der Waals surface area contributed by atoms with E-state index in [0.717, 1.165) is 31.2 Å². The van der Waals surface area contributed by atoms with Gasteiger partial charge in [-0.1, -0.05) is 25.5 Å². The molecule has 98 valence electrons. The fourth-order valence-electron chi connectivity index (χ4n) is 1.65. The Labute approximate surface area is 108 Å². The minimum Gasteiger partial charge on any atom is -0.493 e. The maximum Gasteiger partial charge on any atom is 0.335 e. The highest BCUT2D eigenvalue weighted by atomic mass is 16.5. The predicted octanol–water partition coefficient (Wildman–Crippen LogP) is 3.68. The fraction of sp³-hybridized carbons (Fsp3) is 0.400. The van der Waals surface area contributed by atoms with E-state index in [2.05, 4.69) is 13.5 Å². The van der Waals surface area contributed by atoms with E-state index >= 15 is 0 Å². The molecule has 1 aromatic carbocycles. The van der Waals surface area contributed by atoms with Gasteiger partial charge in [-0.3, -0.25) is 0 Å². The average Bonchev–Trinajstić information content (AvgIpc) is 2.37. The van der Waals surface area contributed by atoms with Crippen LogP contribution in [-0.2, 0) is 6.42 Å². The summed E-state index contributed by atoms with van der Waals surface area (Å²) >= 11 is 0. The molecule has 18 heavy (non-hydrogen) atoms. The van der Waals surface area contributed by atoms with Crippen LogP contribution in [0.25, 0.3) is 0 Å². The minimum absolute atomic E-state index is 0.267. The SMILES string of the molecule is C=CCCOc1cc(C(=O)O)ccc1CCCC. The number of carboxylic acids is 1. The molecule has 0 atom stereocenters. The van der Waals surface area contributed by atoms with Crippen LogP contribution in [0.1, 0.15) is 42.1 Å². The summed E-state index contributed by atoms with van der Waals surface area (Å²) in [5.41, 5.74) is 1.34. The molecule has 0 radical (unpaired) electrons. The molecule has 0 saturated heterocycles. The Balaban J connectivity index is 2.86. The monoisotopic (exact) mass is 248 g/mol. The Hall–Kier alpha value is -1.77. The molecule has 0 aliphatic heterocycles. The predicted molar refractivity (Wildman–Crippen MR) is 72.3 cm³/mol. The summed E-state index contributed by atoms with van der Waals surface area (Å²) in [6, 6.07) is 5.09. The van der Waals surface area contributed by atoms with Crippen molar-refractivity contribution >= 4 is 5.97 Å². The van der Waals surface area contributed by atoms with Crippen LogP contribution in [0.4, 0.5) is 0 Å². The zero-order valence-electron chi connectivity index (χ0n) is 10.8. The number of hydrogen-bond acceptors (Lipinski definition) is 2. The van der Waals surface area contributed by atoms with Crippen molar-refractivity contribution < 1.29 is 14.6 Å². The molecular formula is C15H20O3. The third-order valence-electron chi connectivity index (χ3n) is 2.69. The molecule has 0 bridgehead atoms. The maximum atomic E-state index is 10.9. The van der Waals surface area contributed by atoms with Gasteiger partial charge in [0.15, 0.2) is 0 Å². The van der Waals surface area contributed by atoms with Gasteiger partial charge in [0.1, 0.15) is 5.75 Å². The van der Waals surface area contributed by atoms with E-state index in [1.807, 2.05) is 6.07 Å². The van der Waals surface area contributed by atoms with Gasteiger partial charge in [-0.25, -0.2) is 4.79 Å². The third kappa shape index (κ3) is 4.24. The summed E-state index contributed by atoms with van der Waals surface area (Å²) in [6.45, 7) is 6.30. The van der Waals surface area contributed by atoms with Crippen molar-refractivity contribution in [1.82, 2.24) is 0 Å². The third-order valence-corrected chi connectivity index (χ3v) is 2.69. The van der Waals surface area contributed by atoms with Crippen LogP contribution >= 0.6 is 0 Å². The van der Waals surface area contributed by atoms with Gasteiger partial charge in [0.05, 0.1) is 12.2 Å². The molecule has 0 aliphatic rings. The van der Waals surface area contributed by atoms with Crippen molar-refractivity contribution in [2.75, 3.05) is 6.61 Å². The van der Waals surface area contributed by atoms with Crippen molar-refractivity contribution in [3.05, 3.63) is 42.0 Å². The van der Waals surface area contributed by atoms with Crippen LogP contribution in [0.5, 0.6) is 5.75 Å². The molecule has 1 rings (SSSR count). The minimum atomic E-state index is -0.925. The van der Waals surface area contributed by atoms with E-state index in [9.17, 15) is 4.79 Å². The summed E-state index contributed by atoms with van der Waals surface area (Å²) in [5, 5.41) is 8.98. The van der Waals surface area contributed by atoms with Crippen molar-refractivity contribution in [2.45, 2.75) is 32.6 Å². The molecular weight excluding hydrogens is 228 g/mol. The van der Waals surface area contributed by atoms with Gasteiger partial charge in [0.25, 0.3) is 0 Å². The molecule has 0 aromatic heterocycles. The Kier molecular flexibility index (Phi) is 5.98. The summed E-state index contributed by atoms with van der Waals surface area (Å²) < 4.78 is 5.63. The number of aryl methyl sites for hydroxylation is 1. The van der Waals surface area contributed by atoms with E-state index in [0.29, 0.717) is 12.4 Å². The van der Waals surface area contributed by atoms with Crippen LogP contribution < -0.4 is 4.74 Å². The van der Waals surface area contributed by atoms with E-state index in [1.165, 1.54) is 0 Å². The van der Waals surface area contributed by atoms with Crippen LogP contribution in [-0.4, -0.2) is 17.7 Å². The lowest BCUT2D eigenvalue weighted by molar-refractivity contribution is 0.0696. The summed E-state index contributed by atoms with van der Waals surface area (Å²) in [5.74, 6) is -0.240. The standard InChI is InChI=1S/C15H20O3/c1-3-5-7-12-8-9-13(15(16)17)11-14(12)18-10-6-4-2/h4,8-9,11H,2-3,5-7,10H2,1H3,(H,16,17). The van der Waals surface area contributed by atoms with Crippen LogP contribution in [0.3, 0.4) is 0 Å². The molecule has 0 spiro atoms. The average molecular weight is 248 g/mol. The lowest BCUT2D eigenvalue weighted by Gasteiger charge is -2.11. The van der Waals surface area contributed by atoms with Crippen LogP contribution in [0.2, 0.25) is 0 Å². The van der Waals surface area contributed by atoms with Crippen molar-refractivity contribution in [3.63, 3.8) is 0 Å². The molecule has 3 heteroatoms. The first-order chi connectivity index (χ1) is 8.69. The smallest absolute Gasteiger partial charge is 0.335 e. The maximum absolute atomic E-state index is 10.9. The van der Waals surface area contributed by atoms with Gasteiger partial charge in [0.2, 0.25) is 0 Å². The number of carboxylic acid groups (broad SMARTS) is 1. The highest BCUT2D eigenvalue weighted by Crippen LogP contribution is 2.23. The first kappa shape index (κ1) is 14.3. The molecule has 0 heterocycles. The van der Waals surface area contributed by atoms with Gasteiger partial charge in [0, 0.05) is 0 Å². The molecule has 1 N–H and O–H groups in total. The van der Waals surface area contributed by atoms with Gasteiger partial charge in [-0.05, 0) is 37.0 Å². The first-order valence-electron chi connectivity index (χ1n) is 6.29. The molecule has 0 aliphatic carbocycles. The zero-order chi connectivity index (χ0) is 13.4. The van der Waals surface area contributed by atoms with E-state index in [1.54, 1.807) is 18.2 Å². The fourth-order valence-corrected chi connectivity index (χ4v) is 1.65. The van der Waals surface area contributed by atoms with Gasteiger partial charge < -0.3 is 9.84 Å².